The lowest BCUT2D eigenvalue weighted by Gasteiger charge is -2.19. The number of esters is 1. The lowest BCUT2D eigenvalue weighted by Crippen LogP contribution is -2.29. The molecule has 0 saturated heterocycles. The predicted molar refractivity (Wildman–Crippen MR) is 180 cm³/mol. The van der Waals surface area contributed by atoms with Crippen LogP contribution in [0, 0.1) is 0 Å². The molecule has 242 valence electrons. The van der Waals surface area contributed by atoms with E-state index in [1.807, 2.05) is 36.4 Å². The third kappa shape index (κ3) is 16.8. The van der Waals surface area contributed by atoms with Crippen LogP contribution in [0.25, 0.3) is 10.8 Å². The van der Waals surface area contributed by atoms with Gasteiger partial charge in [0.1, 0.15) is 18.1 Å². The molecule has 2 aromatic carbocycles. The monoisotopic (exact) mass is 596 g/mol. The minimum Gasteiger partial charge on any atom is -0.493 e. The number of benzene rings is 2. The molecule has 5 heteroatoms. The molecule has 0 aromatic heterocycles. The number of unbranched alkanes of at least 4 members (excludes halogenated alkanes) is 16. The first-order valence-corrected chi connectivity index (χ1v) is 17.4. The Morgan fingerprint density at radius 1 is 0.628 bits per heavy atom. The summed E-state index contributed by atoms with van der Waals surface area (Å²) in [7, 11) is 0. The molecule has 0 aliphatic rings. The maximum Gasteiger partial charge on any atom is 0.330 e. The summed E-state index contributed by atoms with van der Waals surface area (Å²) < 4.78 is 23.6. The standard InChI is InChI=1S/C38H60O5/c1-4-7-9-10-11-12-13-14-15-16-17-18-19-20-21-24-29-40-31-33(43-38(39)6-3)32-42-37-28-27-36(41-30-8-5-2)34-25-22-23-26-35(34)37/h6,22-23,25-28,33H,3-5,7-21,24,29-32H2,1-2H3. The Balaban J connectivity index is 1.60. The van der Waals surface area contributed by atoms with Crippen molar-refractivity contribution in [3.05, 3.63) is 49.1 Å². The molecule has 0 aliphatic carbocycles. The predicted octanol–water partition coefficient (Wildman–Crippen LogP) is 10.8. The van der Waals surface area contributed by atoms with Crippen LogP contribution in [0.15, 0.2) is 49.1 Å². The second kappa shape index (κ2) is 24.9. The van der Waals surface area contributed by atoms with Crippen molar-refractivity contribution >= 4 is 16.7 Å². The SMILES string of the molecule is C=CC(=O)OC(COCCCCCCCCCCCCCCCCCC)COc1ccc(OCCCC)c2ccccc12. The summed E-state index contributed by atoms with van der Waals surface area (Å²) in [5.74, 6) is 1.12. The Hall–Kier alpha value is -2.53. The van der Waals surface area contributed by atoms with E-state index in [1.165, 1.54) is 102 Å². The number of hydrogen-bond donors (Lipinski definition) is 0. The van der Waals surface area contributed by atoms with Crippen LogP contribution in [0.2, 0.25) is 0 Å². The summed E-state index contributed by atoms with van der Waals surface area (Å²) in [6, 6.07) is 11.9. The van der Waals surface area contributed by atoms with Crippen molar-refractivity contribution in [3.63, 3.8) is 0 Å². The van der Waals surface area contributed by atoms with Crippen LogP contribution in [-0.4, -0.2) is 38.5 Å². The molecular formula is C38H60O5. The van der Waals surface area contributed by atoms with E-state index < -0.39 is 12.1 Å². The highest BCUT2D eigenvalue weighted by Gasteiger charge is 2.16. The first kappa shape index (κ1) is 36.7. The number of fused-ring (bicyclic) bond motifs is 1. The second-order valence-electron chi connectivity index (χ2n) is 11.8. The maximum atomic E-state index is 11.9. The van der Waals surface area contributed by atoms with Gasteiger partial charge in [-0.15, -0.1) is 0 Å². The fourth-order valence-corrected chi connectivity index (χ4v) is 5.30. The van der Waals surface area contributed by atoms with Gasteiger partial charge in [0, 0.05) is 23.5 Å². The number of carbonyl (C=O) groups is 1. The van der Waals surface area contributed by atoms with Gasteiger partial charge in [0.05, 0.1) is 13.2 Å². The van der Waals surface area contributed by atoms with Crippen LogP contribution in [0.5, 0.6) is 11.5 Å². The minimum atomic E-state index is -0.509. The molecule has 43 heavy (non-hydrogen) atoms. The highest BCUT2D eigenvalue weighted by molar-refractivity contribution is 5.93. The number of carbonyl (C=O) groups excluding carboxylic acids is 1. The second-order valence-corrected chi connectivity index (χ2v) is 11.8. The molecule has 2 rings (SSSR count). The van der Waals surface area contributed by atoms with E-state index in [1.54, 1.807) is 0 Å². The van der Waals surface area contributed by atoms with Crippen molar-refractivity contribution < 1.29 is 23.7 Å². The smallest absolute Gasteiger partial charge is 0.330 e. The van der Waals surface area contributed by atoms with E-state index in [2.05, 4.69) is 20.4 Å². The zero-order valence-electron chi connectivity index (χ0n) is 27.4. The van der Waals surface area contributed by atoms with Gasteiger partial charge in [-0.25, -0.2) is 4.79 Å². The van der Waals surface area contributed by atoms with Crippen LogP contribution in [0.1, 0.15) is 129 Å². The van der Waals surface area contributed by atoms with Crippen molar-refractivity contribution in [2.45, 2.75) is 136 Å². The highest BCUT2D eigenvalue weighted by Crippen LogP contribution is 2.33. The molecule has 2 aromatic rings. The van der Waals surface area contributed by atoms with Crippen molar-refractivity contribution in [1.82, 2.24) is 0 Å². The first-order valence-electron chi connectivity index (χ1n) is 17.4. The summed E-state index contributed by atoms with van der Waals surface area (Å²) in [5, 5.41) is 1.98. The molecular weight excluding hydrogens is 536 g/mol. The van der Waals surface area contributed by atoms with E-state index in [9.17, 15) is 4.79 Å². The zero-order valence-corrected chi connectivity index (χ0v) is 27.4. The topological polar surface area (TPSA) is 54.0 Å². The Labute approximate surface area is 262 Å². The minimum absolute atomic E-state index is 0.207. The summed E-state index contributed by atoms with van der Waals surface area (Å²) in [5.41, 5.74) is 0. The average molecular weight is 597 g/mol. The molecule has 0 aliphatic heterocycles. The number of hydrogen-bond acceptors (Lipinski definition) is 5. The Morgan fingerprint density at radius 2 is 1.12 bits per heavy atom. The van der Waals surface area contributed by atoms with Gasteiger partial charge >= 0.3 is 5.97 Å². The molecule has 1 atom stereocenters. The van der Waals surface area contributed by atoms with E-state index in [0.717, 1.165) is 41.5 Å². The molecule has 1 unspecified atom stereocenters. The summed E-state index contributed by atoms with van der Waals surface area (Å²) in [6.45, 7) is 9.82. The lowest BCUT2D eigenvalue weighted by atomic mass is 10.0. The lowest BCUT2D eigenvalue weighted by molar-refractivity contribution is -0.148. The number of rotatable bonds is 28. The van der Waals surface area contributed by atoms with Gasteiger partial charge in [-0.3, -0.25) is 0 Å². The van der Waals surface area contributed by atoms with Gasteiger partial charge in [-0.2, -0.15) is 0 Å². The van der Waals surface area contributed by atoms with Crippen LogP contribution in [0.4, 0.5) is 0 Å². The Kier molecular flexibility index (Phi) is 21.2. The first-order chi connectivity index (χ1) is 21.2. The quantitative estimate of drug-likeness (QED) is 0.0555. The summed E-state index contributed by atoms with van der Waals surface area (Å²) in [4.78, 5) is 11.9. The number of ether oxygens (including phenoxy) is 4. The van der Waals surface area contributed by atoms with E-state index in [4.69, 9.17) is 18.9 Å². The molecule has 0 radical (unpaired) electrons. The summed E-state index contributed by atoms with van der Waals surface area (Å²) in [6.07, 6.45) is 24.3. The van der Waals surface area contributed by atoms with Crippen molar-refractivity contribution in [3.8, 4) is 11.5 Å². The van der Waals surface area contributed by atoms with E-state index >= 15 is 0 Å². The van der Waals surface area contributed by atoms with Gasteiger partial charge in [0.25, 0.3) is 0 Å². The molecule has 5 nitrogen and oxygen atoms in total. The highest BCUT2D eigenvalue weighted by atomic mass is 16.6. The van der Waals surface area contributed by atoms with Crippen molar-refractivity contribution in [2.24, 2.45) is 0 Å². The van der Waals surface area contributed by atoms with Crippen LogP contribution < -0.4 is 9.47 Å². The molecule has 0 saturated carbocycles. The fraction of sp³-hybridized carbons (Fsp3) is 0.658. The molecule has 0 heterocycles. The average Bonchev–Trinajstić information content (AvgIpc) is 3.03. The third-order valence-electron chi connectivity index (χ3n) is 7.92. The van der Waals surface area contributed by atoms with Gasteiger partial charge < -0.3 is 18.9 Å². The summed E-state index contributed by atoms with van der Waals surface area (Å²) >= 11 is 0. The van der Waals surface area contributed by atoms with Gasteiger partial charge in [-0.05, 0) is 25.0 Å². The van der Waals surface area contributed by atoms with Crippen molar-refractivity contribution in [1.29, 1.82) is 0 Å². The molecule has 0 amide bonds. The maximum absolute atomic E-state index is 11.9. The molecule has 0 spiro atoms. The van der Waals surface area contributed by atoms with Crippen LogP contribution >= 0.6 is 0 Å². The largest absolute Gasteiger partial charge is 0.493 e. The van der Waals surface area contributed by atoms with Crippen LogP contribution in [-0.2, 0) is 14.3 Å². The van der Waals surface area contributed by atoms with Gasteiger partial charge in [-0.1, -0.05) is 147 Å². The van der Waals surface area contributed by atoms with Crippen molar-refractivity contribution in [2.75, 3.05) is 26.4 Å². The van der Waals surface area contributed by atoms with Crippen LogP contribution in [0.3, 0.4) is 0 Å². The van der Waals surface area contributed by atoms with E-state index in [0.29, 0.717) is 19.8 Å². The zero-order chi connectivity index (χ0) is 30.8. The molecule has 0 bridgehead atoms. The Bertz CT molecular complexity index is 987. The Morgan fingerprint density at radius 3 is 1.63 bits per heavy atom. The van der Waals surface area contributed by atoms with Gasteiger partial charge in [0.15, 0.2) is 6.10 Å². The molecule has 0 fully saturated rings. The van der Waals surface area contributed by atoms with Gasteiger partial charge in [0.2, 0.25) is 0 Å². The normalized spacial score (nSPS) is 11.9. The fourth-order valence-electron chi connectivity index (χ4n) is 5.30. The third-order valence-corrected chi connectivity index (χ3v) is 7.92. The molecule has 0 N–H and O–H groups in total. The van der Waals surface area contributed by atoms with E-state index in [-0.39, 0.29) is 6.61 Å².